The number of nitrogens with one attached hydrogen (secondary N) is 1. The number of thioether (sulfide) groups is 1. The molecule has 0 aromatic carbocycles. The van der Waals surface area contributed by atoms with E-state index in [-0.39, 0.29) is 29.0 Å². The molecule has 0 saturated carbocycles. The molecular formula is C10H12F2N2O2S. The van der Waals surface area contributed by atoms with Gasteiger partial charge in [-0.05, 0) is 30.8 Å². The van der Waals surface area contributed by atoms with E-state index in [0.717, 1.165) is 0 Å². The SMILES string of the molecule is CC(CO)NC(=O)c1cccnc1SC(F)F. The maximum absolute atomic E-state index is 12.2. The predicted octanol–water partition coefficient (Wildman–Crippen LogP) is 1.51. The third-order valence-electron chi connectivity index (χ3n) is 1.87. The molecule has 0 aliphatic rings. The van der Waals surface area contributed by atoms with Crippen molar-refractivity contribution >= 4 is 17.7 Å². The number of alkyl halides is 2. The quantitative estimate of drug-likeness (QED) is 0.790. The average molecular weight is 262 g/mol. The number of aliphatic hydroxyl groups is 1. The normalized spacial score (nSPS) is 12.5. The number of aliphatic hydroxyl groups excluding tert-OH is 1. The number of carbonyl (C=O) groups is 1. The molecule has 17 heavy (non-hydrogen) atoms. The van der Waals surface area contributed by atoms with Gasteiger partial charge >= 0.3 is 0 Å². The van der Waals surface area contributed by atoms with Gasteiger partial charge in [0.05, 0.1) is 12.2 Å². The lowest BCUT2D eigenvalue weighted by Gasteiger charge is -2.12. The molecule has 0 radical (unpaired) electrons. The molecule has 0 fully saturated rings. The third kappa shape index (κ3) is 4.27. The second-order valence-electron chi connectivity index (χ2n) is 3.29. The van der Waals surface area contributed by atoms with E-state index in [1.165, 1.54) is 18.3 Å². The van der Waals surface area contributed by atoms with E-state index in [1.54, 1.807) is 6.92 Å². The highest BCUT2D eigenvalue weighted by Gasteiger charge is 2.17. The molecule has 1 aromatic heterocycles. The molecule has 1 aromatic rings. The van der Waals surface area contributed by atoms with Crippen LogP contribution in [-0.4, -0.2) is 34.4 Å². The number of hydrogen-bond donors (Lipinski definition) is 2. The number of hydrogen-bond acceptors (Lipinski definition) is 4. The Morgan fingerprint density at radius 3 is 2.94 bits per heavy atom. The molecule has 2 N–H and O–H groups in total. The maximum Gasteiger partial charge on any atom is 0.290 e. The summed E-state index contributed by atoms with van der Waals surface area (Å²) in [7, 11) is 0. The lowest BCUT2D eigenvalue weighted by atomic mass is 10.2. The largest absolute Gasteiger partial charge is 0.394 e. The van der Waals surface area contributed by atoms with Crippen LogP contribution in [0, 0.1) is 0 Å². The van der Waals surface area contributed by atoms with Crippen molar-refractivity contribution in [3.63, 3.8) is 0 Å². The van der Waals surface area contributed by atoms with Gasteiger partial charge in [0.25, 0.3) is 11.7 Å². The number of pyridine rings is 1. The summed E-state index contributed by atoms with van der Waals surface area (Å²) < 4.78 is 24.5. The second-order valence-corrected chi connectivity index (χ2v) is 4.27. The van der Waals surface area contributed by atoms with Gasteiger partial charge in [0.2, 0.25) is 0 Å². The number of halogens is 2. The van der Waals surface area contributed by atoms with Crippen molar-refractivity contribution in [1.29, 1.82) is 0 Å². The van der Waals surface area contributed by atoms with Gasteiger partial charge in [0.1, 0.15) is 5.03 Å². The summed E-state index contributed by atoms with van der Waals surface area (Å²) in [6.45, 7) is 1.39. The molecule has 7 heteroatoms. The fraction of sp³-hybridized carbons (Fsp3) is 0.400. The average Bonchev–Trinajstić information content (AvgIpc) is 2.28. The minimum atomic E-state index is -2.63. The van der Waals surface area contributed by atoms with Crippen molar-refractivity contribution in [2.75, 3.05) is 6.61 Å². The smallest absolute Gasteiger partial charge is 0.290 e. The summed E-state index contributed by atoms with van der Waals surface area (Å²) >= 11 is 0.220. The summed E-state index contributed by atoms with van der Waals surface area (Å²) in [6, 6.07) is 2.47. The van der Waals surface area contributed by atoms with Gasteiger partial charge < -0.3 is 10.4 Å². The highest BCUT2D eigenvalue weighted by atomic mass is 32.2. The zero-order valence-electron chi connectivity index (χ0n) is 9.06. The Bertz CT molecular complexity index is 390. The van der Waals surface area contributed by atoms with Gasteiger partial charge in [0, 0.05) is 12.2 Å². The van der Waals surface area contributed by atoms with Gasteiger partial charge in [0.15, 0.2) is 0 Å². The maximum atomic E-state index is 12.2. The molecule has 0 aliphatic carbocycles. The van der Waals surface area contributed by atoms with Crippen LogP contribution in [-0.2, 0) is 0 Å². The van der Waals surface area contributed by atoms with Crippen molar-refractivity contribution in [2.45, 2.75) is 23.7 Å². The molecule has 0 spiro atoms. The van der Waals surface area contributed by atoms with Crippen LogP contribution >= 0.6 is 11.8 Å². The van der Waals surface area contributed by atoms with E-state index < -0.39 is 17.7 Å². The first-order valence-corrected chi connectivity index (χ1v) is 5.74. The van der Waals surface area contributed by atoms with E-state index in [4.69, 9.17) is 5.11 Å². The standard InChI is InChI=1S/C10H12F2N2O2S/c1-6(5-15)14-8(16)7-3-2-4-13-9(7)17-10(11)12/h2-4,6,10,15H,5H2,1H3,(H,14,16). The Morgan fingerprint density at radius 2 is 2.35 bits per heavy atom. The van der Waals surface area contributed by atoms with Crippen LogP contribution in [0.2, 0.25) is 0 Å². The summed E-state index contributed by atoms with van der Waals surface area (Å²) in [4.78, 5) is 15.4. The van der Waals surface area contributed by atoms with Crippen molar-refractivity contribution in [3.8, 4) is 0 Å². The minimum absolute atomic E-state index is 0.0230. The molecule has 1 unspecified atom stereocenters. The first-order chi connectivity index (χ1) is 8.04. The van der Waals surface area contributed by atoms with Crippen LogP contribution in [0.1, 0.15) is 17.3 Å². The highest BCUT2D eigenvalue weighted by molar-refractivity contribution is 7.99. The van der Waals surface area contributed by atoms with Gasteiger partial charge in [-0.2, -0.15) is 8.78 Å². The summed E-state index contributed by atoms with van der Waals surface area (Å²) in [5.74, 6) is -3.16. The predicted molar refractivity (Wildman–Crippen MR) is 60.1 cm³/mol. The van der Waals surface area contributed by atoms with Crippen LogP contribution in [0.5, 0.6) is 0 Å². The zero-order chi connectivity index (χ0) is 12.8. The fourth-order valence-corrected chi connectivity index (χ4v) is 1.67. The summed E-state index contributed by atoms with van der Waals surface area (Å²) in [6.07, 6.45) is 1.34. The Balaban J connectivity index is 2.85. The summed E-state index contributed by atoms with van der Waals surface area (Å²) in [5.41, 5.74) is 0.0816. The Labute approximate surface area is 101 Å². The fourth-order valence-electron chi connectivity index (χ4n) is 1.09. The topological polar surface area (TPSA) is 62.2 Å². The van der Waals surface area contributed by atoms with E-state index in [0.29, 0.717) is 0 Å². The number of amides is 1. The van der Waals surface area contributed by atoms with Crippen molar-refractivity contribution in [3.05, 3.63) is 23.9 Å². The van der Waals surface area contributed by atoms with Crippen LogP contribution in [0.3, 0.4) is 0 Å². The van der Waals surface area contributed by atoms with Gasteiger partial charge in [-0.25, -0.2) is 4.98 Å². The number of carbonyl (C=O) groups excluding carboxylic acids is 1. The Hall–Kier alpha value is -1.21. The molecule has 1 heterocycles. The second kappa shape index (κ2) is 6.51. The monoisotopic (exact) mass is 262 g/mol. The summed E-state index contributed by atoms with van der Waals surface area (Å²) in [5, 5.41) is 11.2. The van der Waals surface area contributed by atoms with Crippen molar-refractivity contribution in [2.24, 2.45) is 0 Å². The van der Waals surface area contributed by atoms with Gasteiger partial charge in [-0.1, -0.05) is 0 Å². The molecule has 0 aliphatic heterocycles. The van der Waals surface area contributed by atoms with Gasteiger partial charge in [-0.3, -0.25) is 4.79 Å². The molecule has 0 bridgehead atoms. The molecule has 1 atom stereocenters. The van der Waals surface area contributed by atoms with E-state index in [1.807, 2.05) is 0 Å². The lowest BCUT2D eigenvalue weighted by Crippen LogP contribution is -2.35. The molecule has 4 nitrogen and oxygen atoms in total. The molecule has 94 valence electrons. The first-order valence-electron chi connectivity index (χ1n) is 4.86. The van der Waals surface area contributed by atoms with Crippen LogP contribution in [0.4, 0.5) is 8.78 Å². The molecule has 1 rings (SSSR count). The van der Waals surface area contributed by atoms with Gasteiger partial charge in [-0.15, -0.1) is 0 Å². The molecule has 1 amide bonds. The number of rotatable bonds is 5. The highest BCUT2D eigenvalue weighted by Crippen LogP contribution is 2.26. The lowest BCUT2D eigenvalue weighted by molar-refractivity contribution is 0.0918. The molecular weight excluding hydrogens is 250 g/mol. The third-order valence-corrected chi connectivity index (χ3v) is 2.59. The Kier molecular flexibility index (Phi) is 5.30. The van der Waals surface area contributed by atoms with E-state index >= 15 is 0 Å². The first kappa shape index (κ1) is 13.9. The number of aromatic nitrogens is 1. The zero-order valence-corrected chi connectivity index (χ0v) is 9.88. The van der Waals surface area contributed by atoms with Crippen LogP contribution in [0.15, 0.2) is 23.4 Å². The number of nitrogens with zero attached hydrogens (tertiary/aromatic N) is 1. The van der Waals surface area contributed by atoms with Crippen molar-refractivity contribution in [1.82, 2.24) is 10.3 Å². The van der Waals surface area contributed by atoms with Crippen LogP contribution in [0.25, 0.3) is 0 Å². The molecule has 0 saturated heterocycles. The minimum Gasteiger partial charge on any atom is -0.394 e. The van der Waals surface area contributed by atoms with E-state index in [9.17, 15) is 13.6 Å². The Morgan fingerprint density at radius 1 is 1.65 bits per heavy atom. The van der Waals surface area contributed by atoms with Crippen molar-refractivity contribution < 1.29 is 18.7 Å². The van der Waals surface area contributed by atoms with E-state index in [2.05, 4.69) is 10.3 Å². The van der Waals surface area contributed by atoms with Crippen LogP contribution < -0.4 is 5.32 Å².